The first-order chi connectivity index (χ1) is 27.4. The zero-order valence-electron chi connectivity index (χ0n) is 35.3. The molecule has 56 heavy (non-hydrogen) atoms. The first kappa shape index (κ1) is 45.6. The van der Waals surface area contributed by atoms with Crippen molar-refractivity contribution in [1.82, 2.24) is 0 Å². The molecule has 0 bridgehead atoms. The maximum absolute atomic E-state index is 12.9. The van der Waals surface area contributed by atoms with Gasteiger partial charge in [0.25, 0.3) is 0 Å². The Labute approximate surface area is 339 Å². The minimum Gasteiger partial charge on any atom is -0.494 e. The molecule has 0 heterocycles. The molecule has 0 aromatic heterocycles. The number of esters is 2. The van der Waals surface area contributed by atoms with E-state index in [0.717, 1.165) is 59.1 Å². The van der Waals surface area contributed by atoms with E-state index >= 15 is 0 Å². The summed E-state index contributed by atoms with van der Waals surface area (Å²) in [5.41, 5.74) is 1.65. The first-order valence-electron chi connectivity index (χ1n) is 22.2. The third kappa shape index (κ3) is 16.8. The first-order valence-corrected chi connectivity index (χ1v) is 22.2. The molecule has 2 saturated carbocycles. The molecule has 0 unspecified atom stereocenters. The Hall–Kier alpha value is -3.10. The van der Waals surface area contributed by atoms with Crippen LogP contribution in [0.5, 0.6) is 11.5 Å². The van der Waals surface area contributed by atoms with Gasteiger partial charge < -0.3 is 28.4 Å². The minimum absolute atomic E-state index is 0.0738. The number of hydrogen-bond donors (Lipinski definition) is 0. The van der Waals surface area contributed by atoms with Crippen LogP contribution in [0, 0.1) is 23.7 Å². The highest BCUT2D eigenvalue weighted by Gasteiger charge is 2.38. The predicted molar refractivity (Wildman–Crippen MR) is 223 cm³/mol. The smallest absolute Gasteiger partial charge is 0.338 e. The average Bonchev–Trinajstić information content (AvgIpc) is 3.24. The zero-order chi connectivity index (χ0) is 39.8. The van der Waals surface area contributed by atoms with Crippen molar-refractivity contribution in [3.63, 3.8) is 0 Å². The van der Waals surface area contributed by atoms with Gasteiger partial charge >= 0.3 is 11.9 Å². The maximum atomic E-state index is 12.9. The Kier molecular flexibility index (Phi) is 21.8. The summed E-state index contributed by atoms with van der Waals surface area (Å²) in [6, 6.07) is 15.3. The van der Waals surface area contributed by atoms with Crippen LogP contribution in [-0.4, -0.2) is 51.6 Å². The van der Waals surface area contributed by atoms with Crippen molar-refractivity contribution >= 4 is 11.9 Å². The van der Waals surface area contributed by atoms with Crippen molar-refractivity contribution in [1.29, 1.82) is 0 Å². The van der Waals surface area contributed by atoms with Crippen LogP contribution >= 0.6 is 0 Å². The van der Waals surface area contributed by atoms with Gasteiger partial charge in [0.15, 0.2) is 12.2 Å². The van der Waals surface area contributed by atoms with Gasteiger partial charge in [0.05, 0.1) is 40.6 Å². The summed E-state index contributed by atoms with van der Waals surface area (Å²) in [4.78, 5) is 25.7. The van der Waals surface area contributed by atoms with Gasteiger partial charge in [0.2, 0.25) is 0 Å². The van der Waals surface area contributed by atoms with Crippen LogP contribution in [-0.2, 0) is 41.8 Å². The summed E-state index contributed by atoms with van der Waals surface area (Å²) >= 11 is 0. The lowest BCUT2D eigenvalue weighted by atomic mass is 9.78. The molecule has 2 aromatic carbocycles. The van der Waals surface area contributed by atoms with Crippen LogP contribution in [0.25, 0.3) is 0 Å². The third-order valence-corrected chi connectivity index (χ3v) is 12.3. The van der Waals surface area contributed by atoms with Gasteiger partial charge in [0, 0.05) is 0 Å². The quantitative estimate of drug-likeness (QED) is 0.0654. The fraction of sp³-hybridized carbons (Fsp3) is 0.708. The van der Waals surface area contributed by atoms with Crippen LogP contribution in [0.3, 0.4) is 0 Å². The molecular formula is C48H74O8. The van der Waals surface area contributed by atoms with Gasteiger partial charge in [-0.15, -0.1) is 0 Å². The number of benzene rings is 2. The molecule has 0 N–H and O–H groups in total. The molecule has 2 aliphatic rings. The number of ether oxygens (including phenoxy) is 6. The lowest BCUT2D eigenvalue weighted by Gasteiger charge is -2.28. The normalized spacial score (nSPS) is 20.9. The van der Waals surface area contributed by atoms with Crippen molar-refractivity contribution in [3.8, 4) is 11.5 Å². The van der Waals surface area contributed by atoms with E-state index in [9.17, 15) is 9.59 Å². The summed E-state index contributed by atoms with van der Waals surface area (Å²) < 4.78 is 34.1. The van der Waals surface area contributed by atoms with Gasteiger partial charge in [-0.05, 0) is 84.7 Å². The van der Waals surface area contributed by atoms with Gasteiger partial charge in [-0.2, -0.15) is 0 Å². The summed E-state index contributed by atoms with van der Waals surface area (Å²) in [5.74, 6) is 3.73. The Morgan fingerprint density at radius 1 is 0.500 bits per heavy atom. The molecule has 2 atom stereocenters. The lowest BCUT2D eigenvalue weighted by Crippen LogP contribution is -2.44. The molecule has 8 heteroatoms. The molecule has 0 aliphatic heterocycles. The summed E-state index contributed by atoms with van der Waals surface area (Å²) in [7, 11) is 2.52. The van der Waals surface area contributed by atoms with Crippen LogP contribution in [0.4, 0.5) is 0 Å². The highest BCUT2D eigenvalue weighted by atomic mass is 16.6. The molecule has 0 saturated heterocycles. The molecule has 8 nitrogen and oxygen atoms in total. The summed E-state index contributed by atoms with van der Waals surface area (Å²) in [6.45, 7) is 6.11. The second-order valence-corrected chi connectivity index (χ2v) is 16.5. The molecule has 0 radical (unpaired) electrons. The molecule has 314 valence electrons. The van der Waals surface area contributed by atoms with E-state index in [0.29, 0.717) is 13.2 Å². The summed E-state index contributed by atoms with van der Waals surface area (Å²) in [5, 5.41) is 0. The Morgan fingerprint density at radius 2 is 0.821 bits per heavy atom. The molecule has 2 aliphatic carbocycles. The number of unbranched alkanes of at least 4 members (excludes halogenated alkanes) is 4. The van der Waals surface area contributed by atoms with Crippen LogP contribution in [0.15, 0.2) is 48.5 Å². The van der Waals surface area contributed by atoms with Crippen molar-refractivity contribution < 1.29 is 38.0 Å². The Balaban J connectivity index is 1.15. The van der Waals surface area contributed by atoms with E-state index in [-0.39, 0.29) is 13.2 Å². The molecule has 2 fully saturated rings. The number of carbonyl (C=O) groups excluding carboxylic acids is 2. The summed E-state index contributed by atoms with van der Waals surface area (Å²) in [6.07, 6.45) is 24.0. The number of hydrogen-bond acceptors (Lipinski definition) is 8. The fourth-order valence-corrected chi connectivity index (χ4v) is 8.63. The van der Waals surface area contributed by atoms with Crippen LogP contribution < -0.4 is 9.47 Å². The maximum Gasteiger partial charge on any atom is 0.338 e. The second-order valence-electron chi connectivity index (χ2n) is 16.5. The largest absolute Gasteiger partial charge is 0.494 e. The molecular weight excluding hydrogens is 705 g/mol. The van der Waals surface area contributed by atoms with Gasteiger partial charge in [0.1, 0.15) is 11.5 Å². The predicted octanol–water partition coefficient (Wildman–Crippen LogP) is 11.6. The standard InChI is InChI=1S/C48H74O8/c1-5-7-9-13-37-17-21-39(22-18-37)15-11-33-53-43-29-25-41(26-30-43)35-55-45(47(49)51-3)46(48(50)52-4)56-36-42-27-31-44(32-28-42)54-34-12-16-40-23-19-38(20-24-40)14-10-8-6-2/h25-32,37-40,45-46H,5-24,33-36H2,1-4H3/t37-,38-,39-,40-,45-,46-/m1/s1. The monoisotopic (exact) mass is 779 g/mol. The van der Waals surface area contributed by atoms with E-state index in [4.69, 9.17) is 28.4 Å². The second kappa shape index (κ2) is 26.7. The number of methoxy groups -OCH3 is 2. The Bertz CT molecular complexity index is 1220. The molecule has 0 spiro atoms. The third-order valence-electron chi connectivity index (χ3n) is 12.3. The minimum atomic E-state index is -1.31. The van der Waals surface area contributed by atoms with Crippen LogP contribution in [0.1, 0.15) is 153 Å². The lowest BCUT2D eigenvalue weighted by molar-refractivity contribution is -0.182. The highest BCUT2D eigenvalue weighted by molar-refractivity contribution is 5.85. The van der Waals surface area contributed by atoms with Crippen molar-refractivity contribution in [2.45, 2.75) is 168 Å². The van der Waals surface area contributed by atoms with E-state index in [2.05, 4.69) is 13.8 Å². The molecule has 2 aromatic rings. The highest BCUT2D eigenvalue weighted by Crippen LogP contribution is 2.35. The topological polar surface area (TPSA) is 89.5 Å². The van der Waals surface area contributed by atoms with Gasteiger partial charge in [-0.1, -0.05) is 141 Å². The van der Waals surface area contributed by atoms with Crippen molar-refractivity contribution in [3.05, 3.63) is 59.7 Å². The van der Waals surface area contributed by atoms with Crippen LogP contribution in [0.2, 0.25) is 0 Å². The van der Waals surface area contributed by atoms with Gasteiger partial charge in [-0.25, -0.2) is 9.59 Å². The van der Waals surface area contributed by atoms with E-state index in [1.54, 1.807) is 0 Å². The average molecular weight is 779 g/mol. The van der Waals surface area contributed by atoms with Crippen molar-refractivity contribution in [2.75, 3.05) is 27.4 Å². The fourth-order valence-electron chi connectivity index (χ4n) is 8.63. The number of carbonyl (C=O) groups is 2. The van der Waals surface area contributed by atoms with E-state index < -0.39 is 24.1 Å². The molecule has 4 rings (SSSR count). The number of rotatable bonds is 27. The molecule has 0 amide bonds. The SMILES string of the molecule is CCCCC[C@H]1CC[C@H](CCCOc2ccc(CO[C@@H](C(=O)OC)[C@@H](OCc3ccc(OCCC[C@H]4CC[C@H](CCCCC)CC4)cc3)C(=O)OC)cc2)CC1. The zero-order valence-corrected chi connectivity index (χ0v) is 35.3. The van der Waals surface area contributed by atoms with Crippen molar-refractivity contribution in [2.24, 2.45) is 23.7 Å². The van der Waals surface area contributed by atoms with E-state index in [1.165, 1.54) is 130 Å². The Morgan fingerprint density at radius 3 is 1.12 bits per heavy atom. The van der Waals surface area contributed by atoms with E-state index in [1.807, 2.05) is 48.5 Å². The van der Waals surface area contributed by atoms with Gasteiger partial charge in [-0.3, -0.25) is 0 Å².